The summed E-state index contributed by atoms with van der Waals surface area (Å²) in [4.78, 5) is 11.5. The Kier molecular flexibility index (Phi) is 4.08. The largest absolute Gasteiger partial charge is 0.485 e. The van der Waals surface area contributed by atoms with Crippen molar-refractivity contribution in [3.05, 3.63) is 29.3 Å². The van der Waals surface area contributed by atoms with Crippen LogP contribution in [0.3, 0.4) is 0 Å². The normalized spacial score (nSPS) is 17.4. The van der Waals surface area contributed by atoms with Gasteiger partial charge in [0.25, 0.3) is 0 Å². The Balaban J connectivity index is 2.19. The van der Waals surface area contributed by atoms with Crippen LogP contribution in [0, 0.1) is 23.3 Å². The number of carbonyl (C=O) groups is 1. The Morgan fingerprint density at radius 2 is 1.86 bits per heavy atom. The molecule has 1 aromatic carbocycles. The van der Waals surface area contributed by atoms with Gasteiger partial charge in [-0.1, -0.05) is 0 Å². The number of nitrogens with one attached hydrogen (secondary N) is 1. The van der Waals surface area contributed by atoms with Crippen LogP contribution in [-0.2, 0) is 4.79 Å². The molecule has 0 heterocycles. The lowest BCUT2D eigenvalue weighted by Gasteiger charge is -2.27. The van der Waals surface area contributed by atoms with Crippen LogP contribution in [0.4, 0.5) is 17.6 Å². The minimum atomic E-state index is -1.66. The molecule has 0 saturated heterocycles. The first kappa shape index (κ1) is 15.6. The Morgan fingerprint density at radius 1 is 1.33 bits per heavy atom. The lowest BCUT2D eigenvalue weighted by atomic mass is 10.0. The van der Waals surface area contributed by atoms with Gasteiger partial charge in [-0.15, -0.1) is 0 Å². The fraction of sp³-hybridized carbons (Fsp3) is 0.462. The first-order chi connectivity index (χ1) is 9.74. The first-order valence-electron chi connectivity index (χ1n) is 6.28. The van der Waals surface area contributed by atoms with Crippen LogP contribution in [-0.4, -0.2) is 24.1 Å². The van der Waals surface area contributed by atoms with Gasteiger partial charge in [-0.3, -0.25) is 10.1 Å². The molecule has 1 saturated carbocycles. The number of carbonyl (C=O) groups excluding carboxylic acids is 1. The smallest absolute Gasteiger partial charge is 0.240 e. The maximum Gasteiger partial charge on any atom is 0.240 e. The number of amides is 1. The highest BCUT2D eigenvalue weighted by molar-refractivity contribution is 5.84. The van der Waals surface area contributed by atoms with E-state index >= 15 is 0 Å². The molecule has 1 fully saturated rings. The van der Waals surface area contributed by atoms with Gasteiger partial charge in [0.1, 0.15) is 12.1 Å². The van der Waals surface area contributed by atoms with Crippen molar-refractivity contribution < 1.29 is 27.1 Å². The standard InChI is InChI=1S/C13H14F4N2O2/c1-13(12(18)20,19-6-2-3-6)5-21-11-9(16)7(14)4-8(15)10(11)17/h4,6,19H,2-3,5H2,1H3,(H2,18,20). The summed E-state index contributed by atoms with van der Waals surface area (Å²) in [6, 6.07) is 0.137. The molecule has 4 nitrogen and oxygen atoms in total. The van der Waals surface area contributed by atoms with Crippen LogP contribution in [0.5, 0.6) is 5.75 Å². The number of benzene rings is 1. The van der Waals surface area contributed by atoms with Crippen LogP contribution in [0.15, 0.2) is 6.07 Å². The summed E-state index contributed by atoms with van der Waals surface area (Å²) in [5.41, 5.74) is 3.83. The number of hydrogen-bond acceptors (Lipinski definition) is 3. The zero-order chi connectivity index (χ0) is 15.8. The fourth-order valence-electron chi connectivity index (χ4n) is 1.76. The molecule has 0 radical (unpaired) electrons. The molecule has 2 rings (SSSR count). The number of rotatable bonds is 6. The summed E-state index contributed by atoms with van der Waals surface area (Å²) in [7, 11) is 0. The van der Waals surface area contributed by atoms with Crippen molar-refractivity contribution in [2.45, 2.75) is 31.3 Å². The molecule has 0 aromatic heterocycles. The molecule has 1 atom stereocenters. The van der Waals surface area contributed by atoms with E-state index in [9.17, 15) is 22.4 Å². The predicted octanol–water partition coefficient (Wildman–Crippen LogP) is 1.62. The second kappa shape index (κ2) is 5.51. The van der Waals surface area contributed by atoms with Gasteiger partial charge in [0.05, 0.1) is 0 Å². The van der Waals surface area contributed by atoms with E-state index in [2.05, 4.69) is 5.32 Å². The van der Waals surface area contributed by atoms with E-state index < -0.39 is 47.1 Å². The van der Waals surface area contributed by atoms with E-state index in [1.54, 1.807) is 0 Å². The fourth-order valence-corrected chi connectivity index (χ4v) is 1.76. The maximum absolute atomic E-state index is 13.5. The Bertz CT molecular complexity index is 552. The lowest BCUT2D eigenvalue weighted by Crippen LogP contribution is -2.57. The van der Waals surface area contributed by atoms with E-state index in [4.69, 9.17) is 10.5 Å². The van der Waals surface area contributed by atoms with E-state index in [1.807, 2.05) is 0 Å². The van der Waals surface area contributed by atoms with E-state index in [0.29, 0.717) is 0 Å². The molecule has 8 heteroatoms. The Hall–Kier alpha value is -1.83. The van der Waals surface area contributed by atoms with Crippen LogP contribution in [0.1, 0.15) is 19.8 Å². The molecule has 1 unspecified atom stereocenters. The highest BCUT2D eigenvalue weighted by atomic mass is 19.2. The summed E-state index contributed by atoms with van der Waals surface area (Å²) < 4.78 is 57.8. The molecule has 1 amide bonds. The first-order valence-corrected chi connectivity index (χ1v) is 6.28. The summed E-state index contributed by atoms with van der Waals surface area (Å²) in [5, 5.41) is 2.87. The highest BCUT2D eigenvalue weighted by Gasteiger charge is 2.38. The zero-order valence-corrected chi connectivity index (χ0v) is 11.2. The molecule has 0 bridgehead atoms. The number of halogens is 4. The Labute approximate surface area is 118 Å². The van der Waals surface area contributed by atoms with E-state index in [-0.39, 0.29) is 12.1 Å². The number of ether oxygens (including phenoxy) is 1. The molecule has 116 valence electrons. The summed E-state index contributed by atoms with van der Waals surface area (Å²) in [6.07, 6.45) is 1.67. The van der Waals surface area contributed by atoms with Crippen LogP contribution >= 0.6 is 0 Å². The van der Waals surface area contributed by atoms with Crippen LogP contribution < -0.4 is 15.8 Å². The van der Waals surface area contributed by atoms with Crippen molar-refractivity contribution in [1.82, 2.24) is 5.32 Å². The molecular weight excluding hydrogens is 292 g/mol. The van der Waals surface area contributed by atoms with Crippen LogP contribution in [0.2, 0.25) is 0 Å². The molecule has 1 aliphatic rings. The molecule has 0 spiro atoms. The number of nitrogens with two attached hydrogens (primary N) is 1. The third-order valence-corrected chi connectivity index (χ3v) is 3.22. The monoisotopic (exact) mass is 306 g/mol. The maximum atomic E-state index is 13.5. The number of hydrogen-bond donors (Lipinski definition) is 2. The van der Waals surface area contributed by atoms with Crippen molar-refractivity contribution >= 4 is 5.91 Å². The molecular formula is C13H14F4N2O2. The third kappa shape index (κ3) is 3.26. The topological polar surface area (TPSA) is 64.3 Å². The quantitative estimate of drug-likeness (QED) is 0.620. The van der Waals surface area contributed by atoms with Gasteiger partial charge >= 0.3 is 0 Å². The van der Waals surface area contributed by atoms with Crippen molar-refractivity contribution in [1.29, 1.82) is 0 Å². The average molecular weight is 306 g/mol. The van der Waals surface area contributed by atoms with Crippen molar-refractivity contribution in [2.24, 2.45) is 5.73 Å². The van der Waals surface area contributed by atoms with Gasteiger partial charge in [0.15, 0.2) is 17.4 Å². The molecule has 1 aliphatic carbocycles. The number of primary amides is 1. The minimum absolute atomic E-state index is 0.0602. The summed E-state index contributed by atoms with van der Waals surface area (Å²) in [5.74, 6) is -8.50. The molecule has 3 N–H and O–H groups in total. The van der Waals surface area contributed by atoms with Crippen molar-refractivity contribution in [3.63, 3.8) is 0 Å². The van der Waals surface area contributed by atoms with Crippen molar-refractivity contribution in [2.75, 3.05) is 6.61 Å². The van der Waals surface area contributed by atoms with Gasteiger partial charge in [-0.05, 0) is 19.8 Å². The van der Waals surface area contributed by atoms with Crippen LogP contribution in [0.25, 0.3) is 0 Å². The Morgan fingerprint density at radius 3 is 2.29 bits per heavy atom. The van der Waals surface area contributed by atoms with Gasteiger partial charge < -0.3 is 10.5 Å². The average Bonchev–Trinajstić information content (AvgIpc) is 3.20. The second-order valence-electron chi connectivity index (χ2n) is 5.20. The minimum Gasteiger partial charge on any atom is -0.485 e. The highest BCUT2D eigenvalue weighted by Crippen LogP contribution is 2.28. The summed E-state index contributed by atoms with van der Waals surface area (Å²) >= 11 is 0. The van der Waals surface area contributed by atoms with Gasteiger partial charge in [0.2, 0.25) is 17.5 Å². The predicted molar refractivity (Wildman–Crippen MR) is 65.5 cm³/mol. The van der Waals surface area contributed by atoms with Crippen molar-refractivity contribution in [3.8, 4) is 5.75 Å². The molecule has 0 aliphatic heterocycles. The van der Waals surface area contributed by atoms with E-state index in [1.165, 1.54) is 6.92 Å². The molecule has 1 aromatic rings. The third-order valence-electron chi connectivity index (χ3n) is 3.22. The lowest BCUT2D eigenvalue weighted by molar-refractivity contribution is -0.125. The summed E-state index contributed by atoms with van der Waals surface area (Å²) in [6.45, 7) is 0.828. The van der Waals surface area contributed by atoms with Gasteiger partial charge in [-0.2, -0.15) is 8.78 Å². The molecule has 21 heavy (non-hydrogen) atoms. The van der Waals surface area contributed by atoms with E-state index in [0.717, 1.165) is 12.8 Å². The van der Waals surface area contributed by atoms with Gasteiger partial charge in [0, 0.05) is 12.1 Å². The van der Waals surface area contributed by atoms with Gasteiger partial charge in [-0.25, -0.2) is 8.78 Å². The SMILES string of the molecule is CC(COc1c(F)c(F)cc(F)c1F)(NC1CC1)C(N)=O. The second-order valence-corrected chi connectivity index (χ2v) is 5.20. The zero-order valence-electron chi connectivity index (χ0n) is 11.2.